The molecule has 0 unspecified atom stereocenters. The summed E-state index contributed by atoms with van der Waals surface area (Å²) in [5, 5.41) is 0.511. The number of benzene rings is 2. The second kappa shape index (κ2) is 10.7. The maximum atomic E-state index is 12.8. The van der Waals surface area contributed by atoms with Crippen molar-refractivity contribution in [3.8, 4) is 11.5 Å². The largest absolute Gasteiger partial charge is 0.493 e. The highest BCUT2D eigenvalue weighted by Crippen LogP contribution is 2.39. The molecular weight excluding hydrogens is 496 g/mol. The molecule has 1 saturated heterocycles. The lowest BCUT2D eigenvalue weighted by Crippen LogP contribution is -2.23. The number of likely N-dealkylation sites (N-methyl/N-ethyl adjacent to an activating group) is 1. The number of thioether (sulfide) groups is 1. The fraction of sp³-hybridized carbons (Fsp3) is 0.261. The smallest absolute Gasteiger partial charge is 0.337 e. The minimum atomic E-state index is -0.443. The molecule has 7 nitrogen and oxygen atoms in total. The maximum Gasteiger partial charge on any atom is 0.337 e. The van der Waals surface area contributed by atoms with Gasteiger partial charge in [0.2, 0.25) is 0 Å². The van der Waals surface area contributed by atoms with Crippen molar-refractivity contribution in [2.45, 2.75) is 13.3 Å². The summed E-state index contributed by atoms with van der Waals surface area (Å²) in [6.45, 7) is 2.61. The zero-order chi connectivity index (χ0) is 23.3. The molecule has 0 radical (unpaired) electrons. The molecule has 1 heterocycles. The molecule has 0 aromatic heterocycles. The SMILES string of the molecule is CCCOc1c(Br)cc(C=C2SC(=Nc3cccc(C(=O)OC)c3)N(C)C2=O)cc1OC. The number of amidine groups is 1. The van der Waals surface area contributed by atoms with Gasteiger partial charge in [0.1, 0.15) is 0 Å². The molecule has 0 spiro atoms. The van der Waals surface area contributed by atoms with Gasteiger partial charge in [0.15, 0.2) is 16.7 Å². The van der Waals surface area contributed by atoms with E-state index in [1.54, 1.807) is 44.5 Å². The van der Waals surface area contributed by atoms with Crippen LogP contribution < -0.4 is 9.47 Å². The first-order chi connectivity index (χ1) is 15.4. The van der Waals surface area contributed by atoms with Crippen LogP contribution in [0.25, 0.3) is 6.08 Å². The Bertz CT molecular complexity index is 1100. The summed E-state index contributed by atoms with van der Waals surface area (Å²) < 4.78 is 16.7. The first-order valence-electron chi connectivity index (χ1n) is 9.83. The van der Waals surface area contributed by atoms with E-state index in [0.29, 0.717) is 39.4 Å². The minimum Gasteiger partial charge on any atom is -0.493 e. The lowest BCUT2D eigenvalue weighted by Gasteiger charge is -2.13. The van der Waals surface area contributed by atoms with Gasteiger partial charge in [-0.25, -0.2) is 9.79 Å². The predicted molar refractivity (Wildman–Crippen MR) is 130 cm³/mol. The van der Waals surface area contributed by atoms with Crippen LogP contribution >= 0.6 is 27.7 Å². The third kappa shape index (κ3) is 5.34. The van der Waals surface area contributed by atoms with Gasteiger partial charge in [0.05, 0.1) is 41.5 Å². The molecule has 3 rings (SSSR count). The average Bonchev–Trinajstić information content (AvgIpc) is 3.05. The van der Waals surface area contributed by atoms with Crippen molar-refractivity contribution < 1.29 is 23.8 Å². The third-order valence-corrected chi connectivity index (χ3v) is 6.14. The fourth-order valence-electron chi connectivity index (χ4n) is 2.90. The van der Waals surface area contributed by atoms with Gasteiger partial charge in [-0.2, -0.15) is 0 Å². The van der Waals surface area contributed by atoms with Gasteiger partial charge in [0, 0.05) is 7.05 Å². The Kier molecular flexibility index (Phi) is 7.98. The van der Waals surface area contributed by atoms with E-state index in [1.807, 2.05) is 19.1 Å². The van der Waals surface area contributed by atoms with Gasteiger partial charge in [-0.15, -0.1) is 0 Å². The van der Waals surface area contributed by atoms with Gasteiger partial charge in [-0.3, -0.25) is 9.69 Å². The van der Waals surface area contributed by atoms with E-state index >= 15 is 0 Å². The number of halogens is 1. The van der Waals surface area contributed by atoms with Crippen LogP contribution in [-0.2, 0) is 9.53 Å². The van der Waals surface area contributed by atoms with Crippen LogP contribution in [0.15, 0.2) is 50.8 Å². The van der Waals surface area contributed by atoms with Gasteiger partial charge >= 0.3 is 5.97 Å². The number of hydrogen-bond donors (Lipinski definition) is 0. The summed E-state index contributed by atoms with van der Waals surface area (Å²) in [6.07, 6.45) is 2.66. The van der Waals surface area contributed by atoms with E-state index in [0.717, 1.165) is 16.5 Å². The second-order valence-corrected chi connectivity index (χ2v) is 8.66. The van der Waals surface area contributed by atoms with Crippen LogP contribution in [0.4, 0.5) is 5.69 Å². The average molecular weight is 519 g/mol. The molecule has 2 aromatic rings. The normalized spacial score (nSPS) is 16.0. The predicted octanol–water partition coefficient (Wildman–Crippen LogP) is 5.27. The lowest BCUT2D eigenvalue weighted by atomic mass is 10.2. The maximum absolute atomic E-state index is 12.8. The highest BCUT2D eigenvalue weighted by Gasteiger charge is 2.30. The minimum absolute atomic E-state index is 0.167. The summed E-state index contributed by atoms with van der Waals surface area (Å²) in [6, 6.07) is 10.5. The van der Waals surface area contributed by atoms with Crippen LogP contribution in [0.2, 0.25) is 0 Å². The standard InChI is InChI=1S/C23H23BrN2O5S/c1-5-9-31-20-17(24)10-14(11-18(20)29-3)12-19-21(27)26(2)23(32-19)25-16-8-6-7-15(13-16)22(28)30-4/h6-8,10-13H,5,9H2,1-4H3. The van der Waals surface area contributed by atoms with Crippen LogP contribution in [0.1, 0.15) is 29.3 Å². The number of aliphatic imine (C=N–C) groups is 1. The summed E-state index contributed by atoms with van der Waals surface area (Å²) in [7, 11) is 4.57. The molecule has 2 aromatic carbocycles. The van der Waals surface area contributed by atoms with Crippen molar-refractivity contribution in [3.63, 3.8) is 0 Å². The molecule has 9 heteroatoms. The lowest BCUT2D eigenvalue weighted by molar-refractivity contribution is -0.121. The quantitative estimate of drug-likeness (QED) is 0.367. The number of rotatable bonds is 7. The molecule has 0 aliphatic carbocycles. The molecular formula is C23H23BrN2O5S. The number of amides is 1. The van der Waals surface area contributed by atoms with Gasteiger partial charge in [-0.05, 0) is 76.1 Å². The fourth-order valence-corrected chi connectivity index (χ4v) is 4.46. The summed E-state index contributed by atoms with van der Waals surface area (Å²) in [5.41, 5.74) is 1.73. The molecule has 168 valence electrons. The highest BCUT2D eigenvalue weighted by molar-refractivity contribution is 9.10. The number of carbonyl (C=O) groups excluding carboxylic acids is 2. The number of carbonyl (C=O) groups is 2. The van der Waals surface area contributed by atoms with Gasteiger partial charge in [-0.1, -0.05) is 13.0 Å². The molecule has 0 N–H and O–H groups in total. The molecule has 1 aliphatic rings. The molecule has 1 amide bonds. The summed E-state index contributed by atoms with van der Waals surface area (Å²) >= 11 is 4.79. The van der Waals surface area contributed by atoms with Crippen molar-refractivity contribution in [3.05, 3.63) is 56.9 Å². The monoisotopic (exact) mass is 518 g/mol. The van der Waals surface area contributed by atoms with Gasteiger partial charge < -0.3 is 14.2 Å². The molecule has 0 saturated carbocycles. The van der Waals surface area contributed by atoms with Crippen LogP contribution in [0, 0.1) is 0 Å². The van der Waals surface area contributed by atoms with E-state index in [1.165, 1.54) is 23.8 Å². The number of methoxy groups -OCH3 is 2. The second-order valence-electron chi connectivity index (χ2n) is 6.79. The van der Waals surface area contributed by atoms with Crippen LogP contribution in [0.3, 0.4) is 0 Å². The van der Waals surface area contributed by atoms with E-state index in [-0.39, 0.29) is 5.91 Å². The van der Waals surface area contributed by atoms with E-state index in [4.69, 9.17) is 14.2 Å². The zero-order valence-electron chi connectivity index (χ0n) is 18.2. The third-order valence-electron chi connectivity index (χ3n) is 4.50. The molecule has 0 bridgehead atoms. The first kappa shape index (κ1) is 23.9. The Hall–Kier alpha value is -2.78. The number of hydrogen-bond acceptors (Lipinski definition) is 7. The Balaban J connectivity index is 1.89. The Morgan fingerprint density at radius 2 is 2.03 bits per heavy atom. The molecule has 1 aliphatic heterocycles. The molecule has 0 atom stereocenters. The van der Waals surface area contributed by atoms with E-state index in [2.05, 4.69) is 20.9 Å². The number of ether oxygens (including phenoxy) is 3. The number of nitrogens with zero attached hydrogens (tertiary/aromatic N) is 2. The Morgan fingerprint density at radius 1 is 1.25 bits per heavy atom. The van der Waals surface area contributed by atoms with Crippen LogP contribution in [-0.4, -0.2) is 49.8 Å². The van der Waals surface area contributed by atoms with E-state index < -0.39 is 5.97 Å². The summed E-state index contributed by atoms with van der Waals surface area (Å²) in [5.74, 6) is 0.602. The van der Waals surface area contributed by atoms with E-state index in [9.17, 15) is 9.59 Å². The van der Waals surface area contributed by atoms with Crippen molar-refractivity contribution in [1.29, 1.82) is 0 Å². The van der Waals surface area contributed by atoms with Crippen molar-refractivity contribution in [2.75, 3.05) is 27.9 Å². The van der Waals surface area contributed by atoms with Crippen molar-refractivity contribution >= 4 is 56.5 Å². The van der Waals surface area contributed by atoms with Crippen molar-refractivity contribution in [2.24, 2.45) is 4.99 Å². The molecule has 32 heavy (non-hydrogen) atoms. The zero-order valence-corrected chi connectivity index (χ0v) is 20.6. The highest BCUT2D eigenvalue weighted by atomic mass is 79.9. The Morgan fingerprint density at radius 3 is 2.72 bits per heavy atom. The number of esters is 1. The van der Waals surface area contributed by atoms with Crippen LogP contribution in [0.5, 0.6) is 11.5 Å². The topological polar surface area (TPSA) is 77.4 Å². The Labute approximate surface area is 199 Å². The van der Waals surface area contributed by atoms with Gasteiger partial charge in [0.25, 0.3) is 5.91 Å². The summed E-state index contributed by atoms with van der Waals surface area (Å²) in [4.78, 5) is 31.1. The van der Waals surface area contributed by atoms with Crippen molar-refractivity contribution in [1.82, 2.24) is 4.90 Å². The molecule has 1 fully saturated rings. The first-order valence-corrected chi connectivity index (χ1v) is 11.4.